The van der Waals surface area contributed by atoms with Gasteiger partial charge < -0.3 is 10.5 Å². The lowest BCUT2D eigenvalue weighted by Gasteiger charge is -2.10. The van der Waals surface area contributed by atoms with E-state index in [1.165, 1.54) is 12.8 Å². The van der Waals surface area contributed by atoms with Crippen molar-refractivity contribution < 1.29 is 4.74 Å². The maximum atomic E-state index is 5.86. The standard InChI is InChI=1S/C12H19N3O/c1-3-4-7-16-12-8(2)10(13)14-11(15-12)9-5-6-9/h9H,3-7H2,1-2H3,(H2,13,14,15). The van der Waals surface area contributed by atoms with Crippen LogP contribution < -0.4 is 10.5 Å². The number of unbranched alkanes of at least 4 members (excludes halogenated alkanes) is 1. The maximum absolute atomic E-state index is 5.86. The number of aromatic nitrogens is 2. The number of ether oxygens (including phenoxy) is 1. The molecule has 4 nitrogen and oxygen atoms in total. The molecule has 1 heterocycles. The molecule has 0 unspecified atom stereocenters. The van der Waals surface area contributed by atoms with E-state index >= 15 is 0 Å². The van der Waals surface area contributed by atoms with Gasteiger partial charge in [0.25, 0.3) is 0 Å². The Kier molecular flexibility index (Phi) is 3.27. The molecule has 0 bridgehead atoms. The molecule has 4 heteroatoms. The monoisotopic (exact) mass is 221 g/mol. The van der Waals surface area contributed by atoms with Crippen LogP contribution in [0.2, 0.25) is 0 Å². The van der Waals surface area contributed by atoms with Gasteiger partial charge in [0.2, 0.25) is 5.88 Å². The number of nitrogens with two attached hydrogens (primary N) is 1. The van der Waals surface area contributed by atoms with Crippen LogP contribution in [-0.4, -0.2) is 16.6 Å². The molecular formula is C12H19N3O. The molecule has 0 atom stereocenters. The van der Waals surface area contributed by atoms with Gasteiger partial charge in [0.05, 0.1) is 12.2 Å². The van der Waals surface area contributed by atoms with Gasteiger partial charge in [-0.1, -0.05) is 13.3 Å². The van der Waals surface area contributed by atoms with Gasteiger partial charge in [-0.05, 0) is 26.2 Å². The summed E-state index contributed by atoms with van der Waals surface area (Å²) in [6.07, 6.45) is 4.52. The molecule has 2 rings (SSSR count). The van der Waals surface area contributed by atoms with E-state index in [1.807, 2.05) is 6.92 Å². The highest BCUT2D eigenvalue weighted by Crippen LogP contribution is 2.39. The highest BCUT2D eigenvalue weighted by Gasteiger charge is 2.28. The molecule has 0 aliphatic heterocycles. The first kappa shape index (κ1) is 11.2. The van der Waals surface area contributed by atoms with E-state index in [0.29, 0.717) is 24.2 Å². The fourth-order valence-corrected chi connectivity index (χ4v) is 1.51. The Morgan fingerprint density at radius 1 is 1.38 bits per heavy atom. The average Bonchev–Trinajstić information content (AvgIpc) is 3.08. The van der Waals surface area contributed by atoms with Crippen molar-refractivity contribution in [2.24, 2.45) is 0 Å². The predicted octanol–water partition coefficient (Wildman–Crippen LogP) is 2.42. The lowest BCUT2D eigenvalue weighted by Crippen LogP contribution is -2.07. The van der Waals surface area contributed by atoms with Crippen molar-refractivity contribution in [2.75, 3.05) is 12.3 Å². The van der Waals surface area contributed by atoms with E-state index in [0.717, 1.165) is 24.2 Å². The van der Waals surface area contributed by atoms with Gasteiger partial charge in [0.15, 0.2) is 0 Å². The molecule has 0 amide bonds. The third-order valence-electron chi connectivity index (χ3n) is 2.84. The molecule has 1 aromatic heterocycles. The Balaban J connectivity index is 2.14. The first-order chi connectivity index (χ1) is 7.72. The molecule has 1 fully saturated rings. The molecule has 0 spiro atoms. The summed E-state index contributed by atoms with van der Waals surface area (Å²) in [5.41, 5.74) is 6.72. The Labute approximate surface area is 96.2 Å². The Hall–Kier alpha value is -1.32. The number of nitrogen functional groups attached to an aromatic ring is 1. The molecule has 1 aliphatic carbocycles. The summed E-state index contributed by atoms with van der Waals surface area (Å²) in [6, 6.07) is 0. The summed E-state index contributed by atoms with van der Waals surface area (Å²) >= 11 is 0. The number of hydrogen-bond acceptors (Lipinski definition) is 4. The molecule has 0 aromatic carbocycles. The zero-order chi connectivity index (χ0) is 11.5. The second kappa shape index (κ2) is 4.68. The molecule has 1 aromatic rings. The average molecular weight is 221 g/mol. The largest absolute Gasteiger partial charge is 0.477 e. The van der Waals surface area contributed by atoms with Crippen LogP contribution in [0.1, 0.15) is 49.9 Å². The van der Waals surface area contributed by atoms with Crippen LogP contribution in [0.5, 0.6) is 5.88 Å². The maximum Gasteiger partial charge on any atom is 0.221 e. The van der Waals surface area contributed by atoms with Gasteiger partial charge >= 0.3 is 0 Å². The van der Waals surface area contributed by atoms with Crippen LogP contribution in [0.25, 0.3) is 0 Å². The summed E-state index contributed by atoms with van der Waals surface area (Å²) in [6.45, 7) is 4.76. The van der Waals surface area contributed by atoms with E-state index in [4.69, 9.17) is 10.5 Å². The minimum atomic E-state index is 0.511. The van der Waals surface area contributed by atoms with Crippen LogP contribution in [0.4, 0.5) is 5.82 Å². The second-order valence-electron chi connectivity index (χ2n) is 4.37. The van der Waals surface area contributed by atoms with Crippen LogP contribution in [-0.2, 0) is 0 Å². The van der Waals surface area contributed by atoms with Crippen molar-refractivity contribution in [3.05, 3.63) is 11.4 Å². The fourth-order valence-electron chi connectivity index (χ4n) is 1.51. The molecule has 2 N–H and O–H groups in total. The fraction of sp³-hybridized carbons (Fsp3) is 0.667. The van der Waals surface area contributed by atoms with Crippen molar-refractivity contribution in [1.29, 1.82) is 0 Å². The summed E-state index contributed by atoms with van der Waals surface area (Å²) in [5, 5.41) is 0. The number of anilines is 1. The summed E-state index contributed by atoms with van der Waals surface area (Å²) in [7, 11) is 0. The minimum Gasteiger partial charge on any atom is -0.477 e. The Morgan fingerprint density at radius 3 is 2.75 bits per heavy atom. The van der Waals surface area contributed by atoms with Crippen LogP contribution in [0.15, 0.2) is 0 Å². The van der Waals surface area contributed by atoms with E-state index < -0.39 is 0 Å². The first-order valence-corrected chi connectivity index (χ1v) is 5.99. The highest BCUT2D eigenvalue weighted by atomic mass is 16.5. The van der Waals surface area contributed by atoms with E-state index in [9.17, 15) is 0 Å². The Bertz CT molecular complexity index is 375. The highest BCUT2D eigenvalue weighted by molar-refractivity contribution is 5.45. The third-order valence-corrected chi connectivity index (χ3v) is 2.84. The van der Waals surface area contributed by atoms with Gasteiger partial charge in [-0.15, -0.1) is 0 Å². The molecule has 0 saturated heterocycles. The van der Waals surface area contributed by atoms with Crippen molar-refractivity contribution in [2.45, 2.75) is 45.4 Å². The number of rotatable bonds is 5. The summed E-state index contributed by atoms with van der Waals surface area (Å²) < 4.78 is 5.65. The lowest BCUT2D eigenvalue weighted by atomic mass is 10.3. The molecule has 1 aliphatic rings. The van der Waals surface area contributed by atoms with Gasteiger partial charge in [-0.3, -0.25) is 0 Å². The predicted molar refractivity (Wildman–Crippen MR) is 63.6 cm³/mol. The van der Waals surface area contributed by atoms with Crippen molar-refractivity contribution in [3.63, 3.8) is 0 Å². The third kappa shape index (κ3) is 2.43. The smallest absolute Gasteiger partial charge is 0.221 e. The van der Waals surface area contributed by atoms with E-state index in [-0.39, 0.29) is 0 Å². The van der Waals surface area contributed by atoms with Crippen molar-refractivity contribution in [3.8, 4) is 5.88 Å². The van der Waals surface area contributed by atoms with Crippen LogP contribution in [0, 0.1) is 6.92 Å². The summed E-state index contributed by atoms with van der Waals surface area (Å²) in [4.78, 5) is 8.76. The Morgan fingerprint density at radius 2 is 2.12 bits per heavy atom. The molecule has 88 valence electrons. The molecule has 16 heavy (non-hydrogen) atoms. The van der Waals surface area contributed by atoms with Crippen molar-refractivity contribution >= 4 is 5.82 Å². The first-order valence-electron chi connectivity index (χ1n) is 5.99. The van der Waals surface area contributed by atoms with Crippen molar-refractivity contribution in [1.82, 2.24) is 9.97 Å². The number of nitrogens with zero attached hydrogens (tertiary/aromatic N) is 2. The molecular weight excluding hydrogens is 202 g/mol. The normalized spacial score (nSPS) is 15.1. The molecule has 0 radical (unpaired) electrons. The lowest BCUT2D eigenvalue weighted by molar-refractivity contribution is 0.294. The van der Waals surface area contributed by atoms with Crippen LogP contribution >= 0.6 is 0 Å². The van der Waals surface area contributed by atoms with Gasteiger partial charge in [0, 0.05) is 5.92 Å². The quantitative estimate of drug-likeness (QED) is 0.776. The van der Waals surface area contributed by atoms with Gasteiger partial charge in [-0.2, -0.15) is 4.98 Å². The molecule has 1 saturated carbocycles. The number of hydrogen-bond donors (Lipinski definition) is 1. The minimum absolute atomic E-state index is 0.511. The SMILES string of the molecule is CCCCOc1nc(C2CC2)nc(N)c1C. The zero-order valence-electron chi connectivity index (χ0n) is 9.99. The summed E-state index contributed by atoms with van der Waals surface area (Å²) in [5.74, 6) is 2.59. The topological polar surface area (TPSA) is 61.0 Å². The van der Waals surface area contributed by atoms with Gasteiger partial charge in [0.1, 0.15) is 11.6 Å². The van der Waals surface area contributed by atoms with Gasteiger partial charge in [-0.25, -0.2) is 4.98 Å². The van der Waals surface area contributed by atoms with Crippen LogP contribution in [0.3, 0.4) is 0 Å². The van der Waals surface area contributed by atoms with E-state index in [2.05, 4.69) is 16.9 Å². The second-order valence-corrected chi connectivity index (χ2v) is 4.37. The zero-order valence-corrected chi connectivity index (χ0v) is 9.99. The van der Waals surface area contributed by atoms with E-state index in [1.54, 1.807) is 0 Å².